The minimum Gasteiger partial charge on any atom is -0.507 e. The van der Waals surface area contributed by atoms with E-state index >= 15 is 0 Å². The summed E-state index contributed by atoms with van der Waals surface area (Å²) in [5.41, 5.74) is 2.27. The van der Waals surface area contributed by atoms with E-state index in [0.29, 0.717) is 12.4 Å². The monoisotopic (exact) mass is 307 g/mol. The van der Waals surface area contributed by atoms with Crippen molar-refractivity contribution in [3.05, 3.63) is 77.5 Å². The molecule has 1 amide bonds. The van der Waals surface area contributed by atoms with Crippen molar-refractivity contribution < 1.29 is 9.90 Å². The van der Waals surface area contributed by atoms with Gasteiger partial charge in [0.25, 0.3) is 5.91 Å². The molecule has 1 heterocycles. The minimum absolute atomic E-state index is 0.0446. The molecule has 2 aromatic carbocycles. The highest BCUT2D eigenvalue weighted by Gasteiger charge is 2.12. The minimum atomic E-state index is -0.379. The van der Waals surface area contributed by atoms with Crippen LogP contribution in [0.2, 0.25) is 0 Å². The summed E-state index contributed by atoms with van der Waals surface area (Å²) in [7, 11) is 0. The summed E-state index contributed by atoms with van der Waals surface area (Å²) < 4.78 is 1.75. The second-order valence-electron chi connectivity index (χ2n) is 5.36. The number of phenols is 1. The molecular weight excluding hydrogens is 290 g/mol. The zero-order valence-electron chi connectivity index (χ0n) is 12.7. The average molecular weight is 307 g/mol. The fraction of sp³-hybridized carbons (Fsp3) is 0.111. The molecule has 0 saturated heterocycles. The number of benzene rings is 2. The molecule has 0 aliphatic rings. The van der Waals surface area contributed by atoms with E-state index < -0.39 is 0 Å². The van der Waals surface area contributed by atoms with E-state index in [0.717, 1.165) is 11.1 Å². The van der Waals surface area contributed by atoms with Crippen molar-refractivity contribution in [2.24, 2.45) is 0 Å². The third-order valence-corrected chi connectivity index (χ3v) is 3.47. The number of rotatable bonds is 4. The Morgan fingerprint density at radius 2 is 1.96 bits per heavy atom. The summed E-state index contributed by atoms with van der Waals surface area (Å²) >= 11 is 0. The number of nitrogens with zero attached hydrogens (tertiary/aromatic N) is 2. The molecule has 0 fully saturated rings. The number of nitrogens with one attached hydrogen (secondary N) is 1. The van der Waals surface area contributed by atoms with E-state index in [1.165, 1.54) is 6.07 Å². The van der Waals surface area contributed by atoms with Crippen molar-refractivity contribution in [1.29, 1.82) is 0 Å². The lowest BCUT2D eigenvalue weighted by Gasteiger charge is -2.06. The van der Waals surface area contributed by atoms with Gasteiger partial charge in [-0.05, 0) is 24.6 Å². The lowest BCUT2D eigenvalue weighted by atomic mass is 10.1. The van der Waals surface area contributed by atoms with Gasteiger partial charge < -0.3 is 10.4 Å². The molecule has 5 nitrogen and oxygen atoms in total. The number of hydrogen-bond acceptors (Lipinski definition) is 3. The van der Waals surface area contributed by atoms with Crippen LogP contribution in [-0.2, 0) is 6.54 Å². The summed E-state index contributed by atoms with van der Waals surface area (Å²) in [6, 6.07) is 16.6. The maximum Gasteiger partial charge on any atom is 0.260 e. The third kappa shape index (κ3) is 3.58. The lowest BCUT2D eigenvalue weighted by Crippen LogP contribution is -2.13. The van der Waals surface area contributed by atoms with Gasteiger partial charge in [0.1, 0.15) is 5.75 Å². The number of phenolic OH excluding ortho intramolecular Hbond substituents is 1. The zero-order valence-corrected chi connectivity index (χ0v) is 12.7. The molecule has 0 bridgehead atoms. The SMILES string of the molecule is Cc1ccc(O)c(C(=O)Nc2ccn(Cc3ccccc3)n2)c1. The number of aromatic nitrogens is 2. The highest BCUT2D eigenvalue weighted by Crippen LogP contribution is 2.19. The third-order valence-electron chi connectivity index (χ3n) is 3.47. The van der Waals surface area contributed by atoms with E-state index in [9.17, 15) is 9.90 Å². The number of aromatic hydroxyl groups is 1. The van der Waals surface area contributed by atoms with Crippen molar-refractivity contribution in [2.75, 3.05) is 5.32 Å². The molecule has 0 spiro atoms. The summed E-state index contributed by atoms with van der Waals surface area (Å²) in [6.07, 6.45) is 1.80. The lowest BCUT2D eigenvalue weighted by molar-refractivity contribution is 0.102. The van der Waals surface area contributed by atoms with E-state index in [4.69, 9.17) is 0 Å². The normalized spacial score (nSPS) is 10.5. The molecule has 3 rings (SSSR count). The van der Waals surface area contributed by atoms with Crippen LogP contribution in [-0.4, -0.2) is 20.8 Å². The van der Waals surface area contributed by atoms with Crippen molar-refractivity contribution in [3.8, 4) is 5.75 Å². The fourth-order valence-electron chi connectivity index (χ4n) is 2.30. The quantitative estimate of drug-likeness (QED) is 0.778. The van der Waals surface area contributed by atoms with Gasteiger partial charge in [-0.1, -0.05) is 42.0 Å². The average Bonchev–Trinajstić information content (AvgIpc) is 2.97. The Balaban J connectivity index is 1.71. The van der Waals surface area contributed by atoms with Gasteiger partial charge in [-0.2, -0.15) is 5.10 Å². The summed E-state index contributed by atoms with van der Waals surface area (Å²) in [5.74, 6) is 0.0276. The van der Waals surface area contributed by atoms with E-state index in [2.05, 4.69) is 10.4 Å². The summed E-state index contributed by atoms with van der Waals surface area (Å²) in [6.45, 7) is 2.50. The molecule has 0 aliphatic carbocycles. The van der Waals surface area contributed by atoms with Crippen LogP contribution < -0.4 is 5.32 Å². The second kappa shape index (κ2) is 6.36. The molecule has 23 heavy (non-hydrogen) atoms. The van der Waals surface area contributed by atoms with Gasteiger partial charge in [0, 0.05) is 12.3 Å². The van der Waals surface area contributed by atoms with Crippen LogP contribution >= 0.6 is 0 Å². The van der Waals surface area contributed by atoms with Crippen LogP contribution in [0.4, 0.5) is 5.82 Å². The first-order valence-corrected chi connectivity index (χ1v) is 7.30. The number of amides is 1. The van der Waals surface area contributed by atoms with Gasteiger partial charge in [-0.3, -0.25) is 9.48 Å². The van der Waals surface area contributed by atoms with Crippen LogP contribution in [0.5, 0.6) is 5.75 Å². The van der Waals surface area contributed by atoms with Crippen LogP contribution in [0.25, 0.3) is 0 Å². The molecule has 0 atom stereocenters. The summed E-state index contributed by atoms with van der Waals surface area (Å²) in [5, 5.41) is 16.8. The molecule has 0 unspecified atom stereocenters. The molecule has 116 valence electrons. The van der Waals surface area contributed by atoms with Gasteiger partial charge in [0.15, 0.2) is 5.82 Å². The maximum absolute atomic E-state index is 12.2. The van der Waals surface area contributed by atoms with Crippen LogP contribution in [0, 0.1) is 6.92 Å². The van der Waals surface area contributed by atoms with Gasteiger partial charge in [0.2, 0.25) is 0 Å². The maximum atomic E-state index is 12.2. The largest absolute Gasteiger partial charge is 0.507 e. The predicted octanol–water partition coefficient (Wildman–Crippen LogP) is 3.20. The van der Waals surface area contributed by atoms with Crippen molar-refractivity contribution in [3.63, 3.8) is 0 Å². The highest BCUT2D eigenvalue weighted by molar-refractivity contribution is 6.05. The number of aryl methyl sites for hydroxylation is 1. The molecule has 0 aliphatic heterocycles. The van der Waals surface area contributed by atoms with Crippen LogP contribution in [0.15, 0.2) is 60.8 Å². The first kappa shape index (κ1) is 14.8. The first-order chi connectivity index (χ1) is 11.1. The van der Waals surface area contributed by atoms with Crippen molar-refractivity contribution >= 4 is 11.7 Å². The van der Waals surface area contributed by atoms with Crippen LogP contribution in [0.3, 0.4) is 0 Å². The second-order valence-corrected chi connectivity index (χ2v) is 5.36. The predicted molar refractivity (Wildman–Crippen MR) is 88.6 cm³/mol. The van der Waals surface area contributed by atoms with Crippen molar-refractivity contribution in [2.45, 2.75) is 13.5 Å². The Labute approximate surface area is 134 Å². The number of carbonyl (C=O) groups excluding carboxylic acids is 1. The van der Waals surface area contributed by atoms with Crippen LogP contribution in [0.1, 0.15) is 21.5 Å². The zero-order chi connectivity index (χ0) is 16.2. The standard InChI is InChI=1S/C18H17N3O2/c1-13-7-8-16(22)15(11-13)18(23)19-17-9-10-21(20-17)12-14-5-3-2-4-6-14/h2-11,22H,12H2,1H3,(H,19,20,23). The molecule has 5 heteroatoms. The van der Waals surface area contributed by atoms with Crippen molar-refractivity contribution in [1.82, 2.24) is 9.78 Å². The topological polar surface area (TPSA) is 67.2 Å². The van der Waals surface area contributed by atoms with E-state index in [1.54, 1.807) is 29.1 Å². The Bertz CT molecular complexity index is 825. The van der Waals surface area contributed by atoms with Gasteiger partial charge in [0.05, 0.1) is 12.1 Å². The molecule has 3 aromatic rings. The number of carbonyl (C=O) groups is 1. The number of anilines is 1. The Morgan fingerprint density at radius 1 is 1.17 bits per heavy atom. The highest BCUT2D eigenvalue weighted by atomic mass is 16.3. The Morgan fingerprint density at radius 3 is 2.74 bits per heavy atom. The molecule has 1 aromatic heterocycles. The number of hydrogen-bond donors (Lipinski definition) is 2. The molecular formula is C18H17N3O2. The Kier molecular flexibility index (Phi) is 4.10. The van der Waals surface area contributed by atoms with Gasteiger partial charge in [-0.15, -0.1) is 0 Å². The first-order valence-electron chi connectivity index (χ1n) is 7.30. The smallest absolute Gasteiger partial charge is 0.260 e. The fourth-order valence-corrected chi connectivity index (χ4v) is 2.30. The van der Waals surface area contributed by atoms with E-state index in [-0.39, 0.29) is 17.2 Å². The molecule has 0 saturated carbocycles. The Hall–Kier alpha value is -3.08. The van der Waals surface area contributed by atoms with E-state index in [1.807, 2.05) is 37.3 Å². The van der Waals surface area contributed by atoms with Gasteiger partial charge in [-0.25, -0.2) is 0 Å². The molecule has 2 N–H and O–H groups in total. The molecule has 0 radical (unpaired) electrons. The van der Waals surface area contributed by atoms with Gasteiger partial charge >= 0.3 is 0 Å². The summed E-state index contributed by atoms with van der Waals surface area (Å²) in [4.78, 5) is 12.2.